The number of hydrogen-bond acceptors (Lipinski definition) is 5. The molecule has 154 valence electrons. The van der Waals surface area contributed by atoms with E-state index in [0.717, 1.165) is 36.5 Å². The maximum absolute atomic E-state index is 11.4. The van der Waals surface area contributed by atoms with Gasteiger partial charge in [-0.1, -0.05) is 25.1 Å². The molecular weight excluding hydrogens is 465 g/mol. The third-order valence-corrected chi connectivity index (χ3v) is 10.7. The molecule has 0 aromatic rings. The lowest BCUT2D eigenvalue weighted by Gasteiger charge is -2.60. The summed E-state index contributed by atoms with van der Waals surface area (Å²) in [4.78, 5) is 11.4. The molecular formula is C22H32IN3O2. The highest BCUT2D eigenvalue weighted by Crippen LogP contribution is 2.67. The van der Waals surface area contributed by atoms with E-state index in [9.17, 15) is 4.79 Å². The average molecular weight is 497 g/mol. The zero-order valence-corrected chi connectivity index (χ0v) is 19.4. The largest absolute Gasteiger partial charge is 0.463 e. The molecule has 5 aliphatic rings. The molecule has 0 amide bonds. The Morgan fingerprint density at radius 2 is 2.07 bits per heavy atom. The molecule has 0 saturated heterocycles. The molecule has 5 nitrogen and oxygen atoms in total. The Balaban J connectivity index is 1.35. The first-order valence-electron chi connectivity index (χ1n) is 11.0. The van der Waals surface area contributed by atoms with Crippen LogP contribution in [0.25, 0.3) is 0 Å². The molecule has 1 heterocycles. The molecule has 0 N–H and O–H groups in total. The number of allylic oxidation sites excluding steroid dienone is 2. The van der Waals surface area contributed by atoms with Gasteiger partial charge in [0.1, 0.15) is 10.2 Å². The zero-order valence-electron chi connectivity index (χ0n) is 17.2. The van der Waals surface area contributed by atoms with Crippen molar-refractivity contribution < 1.29 is 9.53 Å². The van der Waals surface area contributed by atoms with Crippen molar-refractivity contribution in [2.75, 3.05) is 0 Å². The van der Waals surface area contributed by atoms with Crippen molar-refractivity contribution in [1.82, 2.24) is 3.22 Å². The van der Waals surface area contributed by atoms with Crippen molar-refractivity contribution in [2.24, 2.45) is 44.8 Å². The van der Waals surface area contributed by atoms with E-state index in [2.05, 4.69) is 33.5 Å². The van der Waals surface area contributed by atoms with Crippen LogP contribution in [0.1, 0.15) is 72.1 Å². The molecule has 3 fully saturated rings. The van der Waals surface area contributed by atoms with Crippen molar-refractivity contribution in [3.8, 4) is 0 Å². The first kappa shape index (κ1) is 19.2. The third-order valence-electron chi connectivity index (χ3n) is 9.00. The number of hydrogen-bond donors (Lipinski definition) is 0. The van der Waals surface area contributed by atoms with Gasteiger partial charge in [0.2, 0.25) is 0 Å². The quantitative estimate of drug-likeness (QED) is 0.276. The van der Waals surface area contributed by atoms with Crippen molar-refractivity contribution in [1.29, 1.82) is 0 Å². The molecule has 28 heavy (non-hydrogen) atoms. The Morgan fingerprint density at radius 3 is 2.82 bits per heavy atom. The van der Waals surface area contributed by atoms with Crippen LogP contribution in [0.3, 0.4) is 0 Å². The minimum absolute atomic E-state index is 0.112. The molecule has 0 aromatic carbocycles. The summed E-state index contributed by atoms with van der Waals surface area (Å²) in [7, 11) is 0. The van der Waals surface area contributed by atoms with Crippen LogP contribution < -0.4 is 0 Å². The second-order valence-electron chi connectivity index (χ2n) is 10.1. The van der Waals surface area contributed by atoms with Gasteiger partial charge in [0, 0.05) is 33.3 Å². The molecule has 3 saturated carbocycles. The molecule has 0 radical (unpaired) electrons. The molecule has 7 atom stereocenters. The average Bonchev–Trinajstić information content (AvgIpc) is 3.28. The lowest BCUT2D eigenvalue weighted by molar-refractivity contribution is -0.158. The summed E-state index contributed by atoms with van der Waals surface area (Å²) in [5.41, 5.74) is 2.19. The predicted octanol–water partition coefficient (Wildman–Crippen LogP) is 5.78. The summed E-state index contributed by atoms with van der Waals surface area (Å²) in [6.07, 6.45) is 12.5. The van der Waals surface area contributed by atoms with E-state index in [-0.39, 0.29) is 38.5 Å². The van der Waals surface area contributed by atoms with Gasteiger partial charge in [-0.15, -0.1) is 5.11 Å². The Morgan fingerprint density at radius 1 is 1.21 bits per heavy atom. The van der Waals surface area contributed by atoms with Gasteiger partial charge >= 0.3 is 5.97 Å². The first-order chi connectivity index (χ1) is 13.4. The third kappa shape index (κ3) is 2.83. The van der Waals surface area contributed by atoms with Crippen LogP contribution in [-0.2, 0) is 9.53 Å². The van der Waals surface area contributed by atoms with E-state index < -0.39 is 0 Å². The van der Waals surface area contributed by atoms with Gasteiger partial charge in [-0.2, -0.15) is 3.22 Å². The highest BCUT2D eigenvalue weighted by Gasteiger charge is 2.59. The van der Waals surface area contributed by atoms with Crippen molar-refractivity contribution in [2.45, 2.75) is 78.2 Å². The molecule has 5 rings (SSSR count). The summed E-state index contributed by atoms with van der Waals surface area (Å²) < 4.78 is 9.88. The van der Waals surface area contributed by atoms with Crippen LogP contribution in [-0.4, -0.2) is 19.4 Å². The Hall–Kier alpha value is -0.790. The van der Waals surface area contributed by atoms with E-state index >= 15 is 0 Å². The second kappa shape index (κ2) is 6.88. The number of carbonyl (C=O) groups excluding carboxylic acids is 1. The van der Waals surface area contributed by atoms with Crippen LogP contribution in [0.4, 0.5) is 0 Å². The minimum atomic E-state index is -0.194. The first-order valence-corrected chi connectivity index (χ1v) is 13.2. The number of halogens is 1. The van der Waals surface area contributed by atoms with E-state index in [0.29, 0.717) is 5.41 Å². The summed E-state index contributed by atoms with van der Waals surface area (Å²) in [6, 6.07) is 0. The zero-order chi connectivity index (χ0) is 19.5. The molecule has 6 heteroatoms. The standard InChI is InChI=1S/C22H32IN3O2/c1-14(27)28-16-8-10-21(2)15(12-16)4-5-17-18-6-7-20(26-23-13-24-25-26)22(18,3)11-9-19(17)21/h7,13,15-19H,4-6,8-12H2,1-3H3/t15-,16-,17-,18-,19-,21-,22-/m0/s1. The number of rotatable bonds is 2. The van der Waals surface area contributed by atoms with Gasteiger partial charge in [-0.3, -0.25) is 4.79 Å². The molecule has 0 spiro atoms. The van der Waals surface area contributed by atoms with Crippen molar-refractivity contribution >= 4 is 31.1 Å². The van der Waals surface area contributed by atoms with Gasteiger partial charge < -0.3 is 4.74 Å². The summed E-state index contributed by atoms with van der Waals surface area (Å²) >= 11 is -0.194. The highest BCUT2D eigenvalue weighted by atomic mass is 127. The normalized spacial score (nSPS) is 46.9. The number of nitrogens with zero attached hydrogens (tertiary/aromatic N) is 3. The SMILES string of the molecule is CC(=O)O[C@H]1CC[C@@]2(C)[C@@H](CC[C@@H]3[C@@H]2CC[C@]2(C)C(N4N=NC=I4)=CC[C@@H]32)C1. The fourth-order valence-corrected chi connectivity index (χ4v) is 9.37. The lowest BCUT2D eigenvalue weighted by atomic mass is 9.45. The van der Waals surface area contributed by atoms with Gasteiger partial charge in [0.05, 0.1) is 5.70 Å². The maximum atomic E-state index is 11.4. The van der Waals surface area contributed by atoms with Crippen LogP contribution in [0.5, 0.6) is 0 Å². The minimum Gasteiger partial charge on any atom is -0.463 e. The second-order valence-corrected chi connectivity index (χ2v) is 12.1. The van der Waals surface area contributed by atoms with E-state index in [1.54, 1.807) is 6.92 Å². The molecule has 0 unspecified atom stereocenters. The topological polar surface area (TPSA) is 54.3 Å². The Bertz CT molecular complexity index is 753. The van der Waals surface area contributed by atoms with E-state index in [1.807, 2.05) is 4.14 Å². The number of esters is 1. The molecule has 1 aliphatic heterocycles. The Labute approximate surface area is 178 Å². The van der Waals surface area contributed by atoms with Gasteiger partial charge in [-0.25, -0.2) is 0 Å². The van der Waals surface area contributed by atoms with Gasteiger partial charge in [0.15, 0.2) is 0 Å². The van der Waals surface area contributed by atoms with Crippen molar-refractivity contribution in [3.05, 3.63) is 11.8 Å². The number of ether oxygens (including phenoxy) is 1. The van der Waals surface area contributed by atoms with Crippen LogP contribution in [0.15, 0.2) is 22.1 Å². The lowest BCUT2D eigenvalue weighted by Crippen LogP contribution is -2.54. The van der Waals surface area contributed by atoms with Crippen LogP contribution >= 0.6 is 21.0 Å². The molecule has 0 aromatic heterocycles. The Kier molecular flexibility index (Phi) is 4.71. The smallest absolute Gasteiger partial charge is 0.302 e. The predicted molar refractivity (Wildman–Crippen MR) is 118 cm³/mol. The summed E-state index contributed by atoms with van der Waals surface area (Å²) in [5.74, 6) is 3.04. The monoisotopic (exact) mass is 497 g/mol. The van der Waals surface area contributed by atoms with Crippen LogP contribution in [0, 0.1) is 34.5 Å². The molecule has 0 bridgehead atoms. The number of fused-ring (bicyclic) bond motifs is 5. The van der Waals surface area contributed by atoms with E-state index in [1.165, 1.54) is 44.2 Å². The molecule has 4 aliphatic carbocycles. The summed E-state index contributed by atoms with van der Waals surface area (Å²) in [6.45, 7) is 6.63. The number of carbonyl (C=O) groups is 1. The fraction of sp³-hybridized carbons (Fsp3) is 0.818. The van der Waals surface area contributed by atoms with Gasteiger partial charge in [-0.05, 0) is 80.5 Å². The fourth-order valence-electron chi connectivity index (χ4n) is 7.64. The highest BCUT2D eigenvalue weighted by molar-refractivity contribution is 14.2. The summed E-state index contributed by atoms with van der Waals surface area (Å²) in [5, 5.41) is 8.56. The maximum Gasteiger partial charge on any atom is 0.302 e. The van der Waals surface area contributed by atoms with Gasteiger partial charge in [0.25, 0.3) is 0 Å². The van der Waals surface area contributed by atoms with Crippen LogP contribution in [0.2, 0.25) is 0 Å². The van der Waals surface area contributed by atoms with E-state index in [4.69, 9.17) is 4.74 Å². The van der Waals surface area contributed by atoms with Crippen molar-refractivity contribution in [3.63, 3.8) is 0 Å².